The molecule has 6 heteroatoms. The van der Waals surface area contributed by atoms with Crippen LogP contribution in [0.25, 0.3) is 5.57 Å². The lowest BCUT2D eigenvalue weighted by Gasteiger charge is -2.13. The molecule has 1 amide bonds. The van der Waals surface area contributed by atoms with E-state index in [4.69, 9.17) is 23.2 Å². The van der Waals surface area contributed by atoms with E-state index in [0.717, 1.165) is 15.9 Å². The molecule has 0 aromatic heterocycles. The maximum atomic E-state index is 12.9. The summed E-state index contributed by atoms with van der Waals surface area (Å²) in [6.45, 7) is 0.389. The molecule has 2 aliphatic heterocycles. The fraction of sp³-hybridized carbons (Fsp3) is 0.111. The molecule has 2 aromatic carbocycles. The lowest BCUT2D eigenvalue weighted by molar-refractivity contribution is -0.446. The van der Waals surface area contributed by atoms with Gasteiger partial charge in [-0.3, -0.25) is 4.79 Å². The predicted molar refractivity (Wildman–Crippen MR) is 94.5 cm³/mol. The highest BCUT2D eigenvalue weighted by atomic mass is 35.5. The number of carbonyl (C=O) groups is 1. The molecule has 0 spiro atoms. The van der Waals surface area contributed by atoms with Crippen molar-refractivity contribution in [2.75, 3.05) is 13.1 Å². The highest BCUT2D eigenvalue weighted by Crippen LogP contribution is 2.33. The molecule has 0 atom stereocenters. The van der Waals surface area contributed by atoms with Crippen molar-refractivity contribution < 1.29 is 9.53 Å². The summed E-state index contributed by atoms with van der Waals surface area (Å²) in [4.78, 5) is 12.1. The molecule has 0 bridgehead atoms. The van der Waals surface area contributed by atoms with Gasteiger partial charge in [0, 0.05) is 11.6 Å². The Morgan fingerprint density at radius 1 is 1.00 bits per heavy atom. The van der Waals surface area contributed by atoms with Gasteiger partial charge in [-0.25, -0.2) is 0 Å². The van der Waals surface area contributed by atoms with Crippen molar-refractivity contribution in [3.63, 3.8) is 0 Å². The third-order valence-corrected chi connectivity index (χ3v) is 4.87. The molecule has 120 valence electrons. The van der Waals surface area contributed by atoms with Gasteiger partial charge in [0.1, 0.15) is 0 Å². The summed E-state index contributed by atoms with van der Waals surface area (Å²) in [5, 5.41) is 16.7. The number of fused-ring (bicyclic) bond motifs is 2. The molecule has 2 aromatic rings. The van der Waals surface area contributed by atoms with E-state index in [9.17, 15) is 10.0 Å². The van der Waals surface area contributed by atoms with E-state index in [1.807, 2.05) is 18.2 Å². The lowest BCUT2D eigenvalue weighted by Crippen LogP contribution is -2.25. The number of nitrogens with zero attached hydrogens (tertiary/aromatic N) is 1. The first-order chi connectivity index (χ1) is 11.6. The van der Waals surface area contributed by atoms with E-state index in [2.05, 4.69) is 5.32 Å². The average molecular weight is 359 g/mol. The number of hydrogen-bond donors (Lipinski definition) is 1. The van der Waals surface area contributed by atoms with Gasteiger partial charge < -0.3 is 10.5 Å². The van der Waals surface area contributed by atoms with Crippen LogP contribution in [-0.2, 0) is 4.79 Å². The zero-order valence-corrected chi connectivity index (χ0v) is 14.0. The minimum Gasteiger partial charge on any atom is -0.623 e. The fourth-order valence-electron chi connectivity index (χ4n) is 3.21. The van der Waals surface area contributed by atoms with Crippen molar-refractivity contribution in [1.29, 1.82) is 0 Å². The molecule has 0 unspecified atom stereocenters. The summed E-state index contributed by atoms with van der Waals surface area (Å²) in [7, 11) is 0. The summed E-state index contributed by atoms with van der Waals surface area (Å²) in [5.41, 5.74) is 3.91. The zero-order valence-electron chi connectivity index (χ0n) is 12.5. The molecule has 0 saturated heterocycles. The minimum absolute atomic E-state index is 0.0198. The van der Waals surface area contributed by atoms with E-state index < -0.39 is 0 Å². The van der Waals surface area contributed by atoms with Crippen LogP contribution in [-0.4, -0.2) is 29.4 Å². The van der Waals surface area contributed by atoms with Crippen LogP contribution in [0.5, 0.6) is 0 Å². The fourth-order valence-corrected chi connectivity index (χ4v) is 3.61. The molecule has 0 fully saturated rings. The third kappa shape index (κ3) is 2.30. The Morgan fingerprint density at radius 2 is 1.79 bits per heavy atom. The second-order valence-corrected chi connectivity index (χ2v) is 6.54. The summed E-state index contributed by atoms with van der Waals surface area (Å²) in [6.07, 6.45) is 0. The van der Waals surface area contributed by atoms with E-state index in [1.165, 1.54) is 0 Å². The standard InChI is InChI=1S/C18H12Cl2N2O2/c19-10-5-6-11-13(7-10)17(12-3-1-2-4-16(12)20)22(24)9-15-14(11)8-21-18(15)23/h1-7H,8-9H2,(H,21,23). The average Bonchev–Trinajstić information content (AvgIpc) is 2.85. The van der Waals surface area contributed by atoms with Crippen LogP contribution in [0, 0.1) is 5.21 Å². The van der Waals surface area contributed by atoms with Gasteiger partial charge in [0.2, 0.25) is 5.71 Å². The molecule has 1 N–H and O–H groups in total. The zero-order chi connectivity index (χ0) is 16.8. The van der Waals surface area contributed by atoms with Crippen molar-refractivity contribution in [2.45, 2.75) is 0 Å². The number of carbonyl (C=O) groups excluding carboxylic acids is 1. The number of hydroxylamine groups is 1. The van der Waals surface area contributed by atoms with Crippen molar-refractivity contribution in [3.8, 4) is 0 Å². The number of benzene rings is 2. The Hall–Kier alpha value is -2.30. The van der Waals surface area contributed by atoms with Gasteiger partial charge in [-0.05, 0) is 35.4 Å². The monoisotopic (exact) mass is 358 g/mol. The first kappa shape index (κ1) is 15.2. The Kier molecular flexibility index (Phi) is 3.59. The van der Waals surface area contributed by atoms with Gasteiger partial charge in [0.15, 0.2) is 6.54 Å². The van der Waals surface area contributed by atoms with Crippen LogP contribution in [0.1, 0.15) is 16.7 Å². The first-order valence-electron chi connectivity index (χ1n) is 7.43. The van der Waals surface area contributed by atoms with Crippen LogP contribution in [0.2, 0.25) is 10.0 Å². The molecule has 24 heavy (non-hydrogen) atoms. The number of halogens is 2. The van der Waals surface area contributed by atoms with E-state index in [0.29, 0.717) is 39.0 Å². The van der Waals surface area contributed by atoms with Crippen molar-refractivity contribution in [3.05, 3.63) is 80.0 Å². The van der Waals surface area contributed by atoms with Crippen LogP contribution in [0.15, 0.2) is 48.0 Å². The van der Waals surface area contributed by atoms with Crippen LogP contribution in [0.3, 0.4) is 0 Å². The molecule has 4 rings (SSSR count). The second kappa shape index (κ2) is 5.65. The lowest BCUT2D eigenvalue weighted by atomic mass is 9.93. The van der Waals surface area contributed by atoms with Gasteiger partial charge in [0.25, 0.3) is 5.91 Å². The molecular formula is C18H12Cl2N2O2. The largest absolute Gasteiger partial charge is 0.623 e. The normalized spacial score (nSPS) is 16.7. The van der Waals surface area contributed by atoms with Crippen molar-refractivity contribution >= 4 is 40.4 Å². The van der Waals surface area contributed by atoms with Gasteiger partial charge >= 0.3 is 0 Å². The number of hydrogen-bond acceptors (Lipinski definition) is 2. The Morgan fingerprint density at radius 3 is 2.58 bits per heavy atom. The van der Waals surface area contributed by atoms with E-state index >= 15 is 0 Å². The molecule has 2 aliphatic rings. The van der Waals surface area contributed by atoms with Gasteiger partial charge in [-0.15, -0.1) is 0 Å². The molecule has 2 heterocycles. The van der Waals surface area contributed by atoms with Crippen LogP contribution in [0.4, 0.5) is 0 Å². The molecule has 0 saturated carbocycles. The third-order valence-electron chi connectivity index (χ3n) is 4.31. The number of amides is 1. The number of rotatable bonds is 1. The number of nitrogens with one attached hydrogen (secondary N) is 1. The smallest absolute Gasteiger partial charge is 0.254 e. The van der Waals surface area contributed by atoms with Gasteiger partial charge in [-0.2, -0.15) is 4.74 Å². The van der Waals surface area contributed by atoms with Gasteiger partial charge in [-0.1, -0.05) is 41.4 Å². The highest BCUT2D eigenvalue weighted by Gasteiger charge is 2.34. The summed E-state index contributed by atoms with van der Waals surface area (Å²) >= 11 is 12.5. The minimum atomic E-state index is -0.202. The summed E-state index contributed by atoms with van der Waals surface area (Å²) in [5.74, 6) is -0.202. The predicted octanol–water partition coefficient (Wildman–Crippen LogP) is 3.24. The Bertz CT molecular complexity index is 948. The Labute approximate surface area is 148 Å². The summed E-state index contributed by atoms with van der Waals surface area (Å²) in [6, 6.07) is 12.5. The molecule has 0 radical (unpaired) electrons. The quantitative estimate of drug-likeness (QED) is 0.628. The first-order valence-corrected chi connectivity index (χ1v) is 8.19. The topological polar surface area (TPSA) is 55.2 Å². The second-order valence-electron chi connectivity index (χ2n) is 5.69. The maximum absolute atomic E-state index is 12.9. The van der Waals surface area contributed by atoms with Crippen LogP contribution < -0.4 is 5.32 Å². The van der Waals surface area contributed by atoms with Crippen LogP contribution >= 0.6 is 23.2 Å². The SMILES string of the molecule is O=C1NCC2=C1C[N+]([O-])=C(c1ccccc1Cl)c1cc(Cl)ccc12. The molecular weight excluding hydrogens is 347 g/mol. The van der Waals surface area contributed by atoms with Crippen molar-refractivity contribution in [2.24, 2.45) is 0 Å². The van der Waals surface area contributed by atoms with Gasteiger partial charge in [0.05, 0.1) is 21.7 Å². The molecule has 0 aliphatic carbocycles. The highest BCUT2D eigenvalue weighted by molar-refractivity contribution is 6.36. The van der Waals surface area contributed by atoms with E-state index in [1.54, 1.807) is 24.3 Å². The summed E-state index contributed by atoms with van der Waals surface area (Å²) < 4.78 is 0.823. The molecule has 4 nitrogen and oxygen atoms in total. The Balaban J connectivity index is 2.05. The maximum Gasteiger partial charge on any atom is 0.254 e. The van der Waals surface area contributed by atoms with Crippen molar-refractivity contribution in [1.82, 2.24) is 5.32 Å². The van der Waals surface area contributed by atoms with E-state index in [-0.39, 0.29) is 12.5 Å².